The van der Waals surface area contributed by atoms with Crippen LogP contribution in [0.25, 0.3) is 0 Å². The Kier molecular flexibility index (Phi) is 2.24. The van der Waals surface area contributed by atoms with E-state index < -0.39 is 0 Å². The summed E-state index contributed by atoms with van der Waals surface area (Å²) in [6.45, 7) is 2.05. The second-order valence-corrected chi connectivity index (χ2v) is 3.30. The van der Waals surface area contributed by atoms with Crippen molar-refractivity contribution < 1.29 is 5.11 Å². The van der Waals surface area contributed by atoms with E-state index in [1.807, 2.05) is 6.92 Å². The van der Waals surface area contributed by atoms with Crippen molar-refractivity contribution in [2.45, 2.75) is 13.3 Å². The number of nitrogen functional groups attached to an aromatic ring is 1. The fourth-order valence-corrected chi connectivity index (χ4v) is 1.61. The summed E-state index contributed by atoms with van der Waals surface area (Å²) in [7, 11) is 0. The van der Waals surface area contributed by atoms with Gasteiger partial charge in [0.25, 0.3) is 0 Å². The molecule has 0 unspecified atom stereocenters. The van der Waals surface area contributed by atoms with Gasteiger partial charge in [0.1, 0.15) is 5.82 Å². The van der Waals surface area contributed by atoms with Gasteiger partial charge in [-0.3, -0.25) is 0 Å². The lowest BCUT2D eigenvalue weighted by molar-refractivity contribution is 0.301. The van der Waals surface area contributed by atoms with Crippen molar-refractivity contribution >= 4 is 17.2 Å². The lowest BCUT2D eigenvalue weighted by Gasteiger charge is -1.90. The first-order valence-electron chi connectivity index (χ1n) is 3.06. The third-order valence-electron chi connectivity index (χ3n) is 1.17. The number of aryl methyl sites for hydroxylation is 1. The molecule has 0 aliphatic heterocycles. The third kappa shape index (κ3) is 1.46. The van der Waals surface area contributed by atoms with Gasteiger partial charge in [-0.2, -0.15) is 0 Å². The predicted molar refractivity (Wildman–Crippen MR) is 42.1 cm³/mol. The van der Waals surface area contributed by atoms with E-state index in [0.717, 1.165) is 9.88 Å². The van der Waals surface area contributed by atoms with Crippen molar-refractivity contribution in [2.75, 3.05) is 12.3 Å². The highest BCUT2D eigenvalue weighted by Crippen LogP contribution is 2.19. The maximum absolute atomic E-state index is 8.58. The number of aromatic nitrogens is 1. The van der Waals surface area contributed by atoms with E-state index >= 15 is 0 Å². The summed E-state index contributed by atoms with van der Waals surface area (Å²) in [6.07, 6.45) is 0.622. The Hall–Kier alpha value is -0.610. The molecule has 10 heavy (non-hydrogen) atoms. The average molecular weight is 158 g/mol. The van der Waals surface area contributed by atoms with Crippen LogP contribution in [0, 0.1) is 6.92 Å². The van der Waals surface area contributed by atoms with Crippen molar-refractivity contribution in [3.63, 3.8) is 0 Å². The number of anilines is 1. The van der Waals surface area contributed by atoms with Crippen LogP contribution < -0.4 is 5.73 Å². The first-order chi connectivity index (χ1) is 4.74. The molecule has 0 radical (unpaired) electrons. The molecule has 3 nitrogen and oxygen atoms in total. The Balaban J connectivity index is 2.81. The van der Waals surface area contributed by atoms with E-state index in [1.54, 1.807) is 11.3 Å². The molecule has 56 valence electrons. The molecule has 0 saturated carbocycles. The van der Waals surface area contributed by atoms with E-state index in [0.29, 0.717) is 12.2 Å². The Morgan fingerprint density at radius 3 is 2.80 bits per heavy atom. The van der Waals surface area contributed by atoms with Crippen LogP contribution in [0.1, 0.15) is 9.88 Å². The van der Waals surface area contributed by atoms with Crippen LogP contribution in [-0.4, -0.2) is 16.7 Å². The quantitative estimate of drug-likeness (QED) is 0.661. The zero-order chi connectivity index (χ0) is 7.56. The number of aliphatic hydroxyl groups excluding tert-OH is 1. The molecule has 0 spiro atoms. The molecule has 1 aromatic heterocycles. The highest BCUT2D eigenvalue weighted by Gasteiger charge is 2.03. The standard InChI is InChI=1S/C6H10N2OS/c1-4-8-6(7)5(10-4)2-3-9/h9H,2-3,7H2,1H3. The molecule has 0 fully saturated rings. The van der Waals surface area contributed by atoms with Gasteiger partial charge in [-0.1, -0.05) is 0 Å². The molecule has 0 aliphatic carbocycles. The van der Waals surface area contributed by atoms with Gasteiger partial charge in [0.2, 0.25) is 0 Å². The average Bonchev–Trinajstić information content (AvgIpc) is 2.13. The highest BCUT2D eigenvalue weighted by atomic mass is 32.1. The van der Waals surface area contributed by atoms with Crippen molar-refractivity contribution in [3.05, 3.63) is 9.88 Å². The number of nitrogens with two attached hydrogens (primary N) is 1. The summed E-state index contributed by atoms with van der Waals surface area (Å²) in [4.78, 5) is 5.00. The minimum Gasteiger partial charge on any atom is -0.396 e. The largest absolute Gasteiger partial charge is 0.396 e. The number of rotatable bonds is 2. The SMILES string of the molecule is Cc1nc(N)c(CCO)s1. The lowest BCUT2D eigenvalue weighted by atomic mass is 10.4. The molecule has 1 aromatic rings. The maximum Gasteiger partial charge on any atom is 0.138 e. The number of thiazole rings is 1. The first-order valence-corrected chi connectivity index (χ1v) is 3.88. The van der Waals surface area contributed by atoms with E-state index in [-0.39, 0.29) is 6.61 Å². The van der Waals surface area contributed by atoms with Gasteiger partial charge in [0, 0.05) is 13.0 Å². The van der Waals surface area contributed by atoms with Gasteiger partial charge >= 0.3 is 0 Å². The molecule has 3 N–H and O–H groups in total. The van der Waals surface area contributed by atoms with Crippen LogP contribution >= 0.6 is 11.3 Å². The van der Waals surface area contributed by atoms with Gasteiger partial charge in [-0.25, -0.2) is 4.98 Å². The number of hydrogen-bond donors (Lipinski definition) is 2. The number of nitrogens with zero attached hydrogens (tertiary/aromatic N) is 1. The molecule has 0 atom stereocenters. The van der Waals surface area contributed by atoms with Crippen LogP contribution in [0.5, 0.6) is 0 Å². The molecule has 0 aromatic carbocycles. The van der Waals surface area contributed by atoms with E-state index in [1.165, 1.54) is 0 Å². The van der Waals surface area contributed by atoms with Crippen molar-refractivity contribution in [1.29, 1.82) is 0 Å². The normalized spacial score (nSPS) is 10.2. The molecule has 0 amide bonds. The fraction of sp³-hybridized carbons (Fsp3) is 0.500. The minimum absolute atomic E-state index is 0.145. The maximum atomic E-state index is 8.58. The number of hydrogen-bond acceptors (Lipinski definition) is 4. The number of aliphatic hydroxyl groups is 1. The summed E-state index contributed by atoms with van der Waals surface area (Å²) < 4.78 is 0. The Morgan fingerprint density at radius 1 is 1.70 bits per heavy atom. The summed E-state index contributed by atoms with van der Waals surface area (Å²) in [5, 5.41) is 9.54. The van der Waals surface area contributed by atoms with Gasteiger partial charge in [-0.15, -0.1) is 11.3 Å². The van der Waals surface area contributed by atoms with Crippen molar-refractivity contribution in [1.82, 2.24) is 4.98 Å². The van der Waals surface area contributed by atoms with E-state index in [2.05, 4.69) is 4.98 Å². The highest BCUT2D eigenvalue weighted by molar-refractivity contribution is 7.12. The molecule has 4 heteroatoms. The van der Waals surface area contributed by atoms with E-state index in [4.69, 9.17) is 10.8 Å². The zero-order valence-electron chi connectivity index (χ0n) is 5.79. The molecule has 0 bridgehead atoms. The second-order valence-electron chi connectivity index (χ2n) is 2.01. The predicted octanol–water partition coefficient (Wildman–Crippen LogP) is 0.569. The van der Waals surface area contributed by atoms with Gasteiger partial charge < -0.3 is 10.8 Å². The molecule has 0 aliphatic rings. The Bertz CT molecular complexity index is 222. The van der Waals surface area contributed by atoms with Gasteiger partial charge in [0.05, 0.1) is 9.88 Å². The Labute approximate surface area is 63.5 Å². The Morgan fingerprint density at radius 2 is 2.40 bits per heavy atom. The van der Waals surface area contributed by atoms with Crippen LogP contribution in [0.2, 0.25) is 0 Å². The summed E-state index contributed by atoms with van der Waals surface area (Å²) in [6, 6.07) is 0. The topological polar surface area (TPSA) is 59.1 Å². The molecular formula is C6H10N2OS. The second kappa shape index (κ2) is 2.98. The zero-order valence-corrected chi connectivity index (χ0v) is 6.61. The van der Waals surface area contributed by atoms with Crippen LogP contribution in [0.15, 0.2) is 0 Å². The molecule has 1 heterocycles. The molecular weight excluding hydrogens is 148 g/mol. The fourth-order valence-electron chi connectivity index (χ4n) is 0.766. The van der Waals surface area contributed by atoms with Gasteiger partial charge in [-0.05, 0) is 6.92 Å². The monoisotopic (exact) mass is 158 g/mol. The summed E-state index contributed by atoms with van der Waals surface area (Å²) in [5.74, 6) is 0.566. The first kappa shape index (κ1) is 7.50. The van der Waals surface area contributed by atoms with Crippen molar-refractivity contribution in [3.8, 4) is 0 Å². The van der Waals surface area contributed by atoms with Crippen LogP contribution in [0.4, 0.5) is 5.82 Å². The van der Waals surface area contributed by atoms with Crippen LogP contribution in [-0.2, 0) is 6.42 Å². The van der Waals surface area contributed by atoms with E-state index in [9.17, 15) is 0 Å². The van der Waals surface area contributed by atoms with Gasteiger partial charge in [0.15, 0.2) is 0 Å². The summed E-state index contributed by atoms with van der Waals surface area (Å²) >= 11 is 1.54. The van der Waals surface area contributed by atoms with Crippen LogP contribution in [0.3, 0.4) is 0 Å². The van der Waals surface area contributed by atoms with Crippen molar-refractivity contribution in [2.24, 2.45) is 0 Å². The smallest absolute Gasteiger partial charge is 0.138 e. The lowest BCUT2D eigenvalue weighted by Crippen LogP contribution is -1.93. The molecule has 0 saturated heterocycles. The molecule has 1 rings (SSSR count). The summed E-state index contributed by atoms with van der Waals surface area (Å²) in [5.41, 5.74) is 5.52. The minimum atomic E-state index is 0.145. The third-order valence-corrected chi connectivity index (χ3v) is 2.22.